The molecule has 0 aliphatic carbocycles. The van der Waals surface area contributed by atoms with E-state index in [1.54, 1.807) is 6.20 Å². The lowest BCUT2D eigenvalue weighted by molar-refractivity contribution is 0.00578. The first-order chi connectivity index (χ1) is 36.7. The second-order valence-corrected chi connectivity index (χ2v) is 22.9. The van der Waals surface area contributed by atoms with Gasteiger partial charge < -0.3 is 24.6 Å². The number of pyridine rings is 2. The van der Waals surface area contributed by atoms with Gasteiger partial charge in [-0.3, -0.25) is 9.97 Å². The lowest BCUT2D eigenvalue weighted by atomic mass is 9.76. The number of hydrogen-bond donors (Lipinski definition) is 1. The second-order valence-electron chi connectivity index (χ2n) is 20.2. The van der Waals surface area contributed by atoms with Crippen LogP contribution < -0.4 is 11.6 Å². The normalized spacial score (nSPS) is 13.3. The summed E-state index contributed by atoms with van der Waals surface area (Å²) in [5.74, 6) is 0. The maximum atomic E-state index is 6.35. The smallest absolute Gasteiger partial charge is 0.399 e. The summed E-state index contributed by atoms with van der Waals surface area (Å²) in [5, 5.41) is 5.08. The summed E-state index contributed by atoms with van der Waals surface area (Å²) in [7, 11) is -0.368. The number of benzene rings is 8. The monoisotopic (exact) mass is 1330 g/mol. The fourth-order valence-corrected chi connectivity index (χ4v) is 11.2. The highest BCUT2D eigenvalue weighted by molar-refractivity contribution is 14.0. The van der Waals surface area contributed by atoms with E-state index in [0.717, 1.165) is 52.8 Å². The van der Waals surface area contributed by atoms with Gasteiger partial charge in [0.2, 0.25) is 0 Å². The van der Waals surface area contributed by atoms with Crippen molar-refractivity contribution >= 4 is 128 Å². The van der Waals surface area contributed by atoms with Crippen molar-refractivity contribution in [2.24, 2.45) is 0 Å². The molecule has 1 aliphatic heterocycles. The minimum atomic E-state index is -0.368. The number of halogens is 4. The zero-order valence-electron chi connectivity index (χ0n) is 44.2. The Labute approximate surface area is 499 Å². The molecule has 78 heavy (non-hydrogen) atoms. The van der Waals surface area contributed by atoms with Crippen LogP contribution in [0.5, 0.6) is 0 Å². The van der Waals surface area contributed by atoms with E-state index in [4.69, 9.17) is 9.31 Å². The summed E-state index contributed by atoms with van der Waals surface area (Å²) in [4.78, 5) is 8.93. The molecular formula is C66H58BBr3IN5O2. The van der Waals surface area contributed by atoms with Gasteiger partial charge in [-0.1, -0.05) is 163 Å². The average Bonchev–Trinajstić information content (AvgIpc) is 4.24. The molecule has 0 atom stereocenters. The van der Waals surface area contributed by atoms with Gasteiger partial charge in [0.25, 0.3) is 0 Å². The molecule has 0 saturated carbocycles. The molecule has 0 bridgehead atoms. The Morgan fingerprint density at radius 1 is 0.410 bits per heavy atom. The van der Waals surface area contributed by atoms with Crippen LogP contribution >= 0.6 is 71.8 Å². The number of rotatable bonds is 6. The predicted molar refractivity (Wildman–Crippen MR) is 349 cm³/mol. The van der Waals surface area contributed by atoms with Gasteiger partial charge in [-0.2, -0.15) is 0 Å². The number of nitrogens with zero attached hydrogens (tertiary/aromatic N) is 4. The third-order valence-electron chi connectivity index (χ3n) is 14.7. The fourth-order valence-electron chi connectivity index (χ4n) is 10.1. The third-order valence-corrected chi connectivity index (χ3v) is 16.2. The van der Waals surface area contributed by atoms with Gasteiger partial charge in [0.1, 0.15) is 0 Å². The molecule has 13 rings (SSSR count). The topological polar surface area (TPSA) is 89.1 Å². The summed E-state index contributed by atoms with van der Waals surface area (Å²) >= 11 is 10.4. The quantitative estimate of drug-likeness (QED) is 0.132. The largest absolute Gasteiger partial charge is 0.495 e. The molecule has 5 heterocycles. The lowest BCUT2D eigenvalue weighted by Gasteiger charge is -2.32. The molecule has 1 saturated heterocycles. The molecule has 12 heteroatoms. The molecule has 0 amide bonds. The van der Waals surface area contributed by atoms with E-state index in [1.165, 1.54) is 65.9 Å². The average molecular weight is 1330 g/mol. The van der Waals surface area contributed by atoms with Crippen LogP contribution in [-0.4, -0.2) is 37.4 Å². The number of fused-ring (bicyclic) bond motifs is 6. The minimum absolute atomic E-state index is 0. The highest BCUT2D eigenvalue weighted by Crippen LogP contribution is 2.39. The summed E-state index contributed by atoms with van der Waals surface area (Å²) < 4.78 is 20.6. The lowest BCUT2D eigenvalue weighted by Crippen LogP contribution is -2.41. The molecule has 3 N–H and O–H groups in total. The third kappa shape index (κ3) is 11.3. The van der Waals surface area contributed by atoms with E-state index in [-0.39, 0.29) is 48.4 Å². The fraction of sp³-hybridized carbons (Fsp3) is 0.121. The van der Waals surface area contributed by atoms with Gasteiger partial charge >= 0.3 is 7.12 Å². The van der Waals surface area contributed by atoms with Crippen molar-refractivity contribution in [1.29, 1.82) is 0 Å². The maximum Gasteiger partial charge on any atom is 0.495 e. The summed E-state index contributed by atoms with van der Waals surface area (Å²) in [5.41, 5.74) is 16.5. The molecule has 1 aliphatic rings. The number of para-hydroxylation sites is 4. The molecule has 0 radical (unpaired) electrons. The van der Waals surface area contributed by atoms with Crippen molar-refractivity contribution in [1.82, 2.24) is 25.3 Å². The van der Waals surface area contributed by atoms with Crippen LogP contribution in [0.2, 0.25) is 0 Å². The van der Waals surface area contributed by atoms with Crippen LogP contribution in [0.15, 0.2) is 232 Å². The Morgan fingerprint density at radius 2 is 0.821 bits per heavy atom. The zero-order chi connectivity index (χ0) is 52.7. The molecule has 8 aromatic carbocycles. The van der Waals surface area contributed by atoms with Gasteiger partial charge in [0.15, 0.2) is 0 Å². The summed E-state index contributed by atoms with van der Waals surface area (Å²) in [6.07, 6.45) is 3.69. The van der Waals surface area contributed by atoms with E-state index in [1.807, 2.05) is 48.7 Å². The highest BCUT2D eigenvalue weighted by Gasteiger charge is 2.52. The van der Waals surface area contributed by atoms with Crippen LogP contribution in [0.3, 0.4) is 0 Å². The van der Waals surface area contributed by atoms with E-state index < -0.39 is 0 Å². The Kier molecular flexibility index (Phi) is 17.1. The Morgan fingerprint density at radius 3 is 1.28 bits per heavy atom. The second kappa shape index (κ2) is 23.6. The SMILES string of the molecule is Brc1cccc(-c2cc(Br)ccn2)c1.Cc1ccc(-n2c3ccccc3c3ccccc32)cc1-c1ccnc(-c2cccc(Br)c2)c1.Cc1ccc(-n2c3ccccc3c3ccccc32)cc1B1OC(C)(C)C(C)(C)O1.I.N. The Bertz CT molecular complexity index is 3970. The van der Waals surface area contributed by atoms with Crippen LogP contribution in [0.25, 0.3) is 88.6 Å². The number of hydrogen-bond acceptors (Lipinski definition) is 5. The van der Waals surface area contributed by atoms with Crippen molar-refractivity contribution in [2.75, 3.05) is 0 Å². The summed E-state index contributed by atoms with van der Waals surface area (Å²) in [6.45, 7) is 12.7. The Balaban J connectivity index is 0.000000151. The summed E-state index contributed by atoms with van der Waals surface area (Å²) in [6, 6.07) is 72.3. The van der Waals surface area contributed by atoms with E-state index in [9.17, 15) is 0 Å². The first kappa shape index (κ1) is 56.5. The van der Waals surface area contributed by atoms with Crippen molar-refractivity contribution in [3.8, 4) is 45.0 Å². The van der Waals surface area contributed by atoms with Crippen LogP contribution in [-0.2, 0) is 9.31 Å². The first-order valence-electron chi connectivity index (χ1n) is 25.4. The van der Waals surface area contributed by atoms with Gasteiger partial charge in [-0.25, -0.2) is 0 Å². The first-order valence-corrected chi connectivity index (χ1v) is 27.7. The minimum Gasteiger partial charge on any atom is -0.399 e. The number of aromatic nitrogens is 4. The predicted octanol–water partition coefficient (Wildman–Crippen LogP) is 19.0. The molecular weight excluding hydrogens is 1270 g/mol. The molecule has 12 aromatic rings. The standard InChI is InChI=1S/C30H21BrN2.C25H26BNO2.C11H7Br2N.HI.H3N/c1-20-13-14-24(33-29-11-4-2-9-25(29)26-10-3-5-12-30(26)33)19-27(20)21-15-16-32-28(18-21)22-7-6-8-23(31)17-22;1-17-14-15-18(16-21(17)26-28-24(2,3)25(4,5)29-26)27-22-12-8-6-10-19(22)20-11-7-9-13-23(20)27;12-9-3-1-2-8(6-9)11-7-10(13)4-5-14-11;;/h2-19H,1H3;6-16H,1-5H3;1-7H;1H;1H3. The van der Waals surface area contributed by atoms with Crippen molar-refractivity contribution in [3.63, 3.8) is 0 Å². The molecule has 390 valence electrons. The Hall–Kier alpha value is -6.23. The van der Waals surface area contributed by atoms with Gasteiger partial charge in [0, 0.05) is 69.9 Å². The zero-order valence-corrected chi connectivity index (χ0v) is 51.3. The van der Waals surface area contributed by atoms with Crippen LogP contribution in [0.1, 0.15) is 38.8 Å². The van der Waals surface area contributed by atoms with Crippen LogP contribution in [0, 0.1) is 13.8 Å². The molecule has 4 aromatic heterocycles. The van der Waals surface area contributed by atoms with Crippen molar-refractivity contribution < 1.29 is 9.31 Å². The van der Waals surface area contributed by atoms with Gasteiger partial charge in [-0.15, -0.1) is 24.0 Å². The highest BCUT2D eigenvalue weighted by atomic mass is 127. The molecule has 1 fully saturated rings. The van der Waals surface area contributed by atoms with Crippen molar-refractivity contribution in [3.05, 3.63) is 243 Å². The van der Waals surface area contributed by atoms with E-state index >= 15 is 0 Å². The van der Waals surface area contributed by atoms with E-state index in [0.29, 0.717) is 0 Å². The van der Waals surface area contributed by atoms with Crippen molar-refractivity contribution in [2.45, 2.75) is 52.7 Å². The molecule has 0 unspecified atom stereocenters. The van der Waals surface area contributed by atoms with Gasteiger partial charge in [0.05, 0.1) is 44.7 Å². The molecule has 0 spiro atoms. The van der Waals surface area contributed by atoms with Gasteiger partial charge in [-0.05, 0) is 161 Å². The van der Waals surface area contributed by atoms with E-state index in [2.05, 4.69) is 272 Å². The molecule has 7 nitrogen and oxygen atoms in total. The van der Waals surface area contributed by atoms with Crippen LogP contribution in [0.4, 0.5) is 0 Å². The maximum absolute atomic E-state index is 6.35. The number of aryl methyl sites for hydroxylation is 2.